The van der Waals surface area contributed by atoms with Gasteiger partial charge in [-0.1, -0.05) is 12.1 Å². The predicted octanol–water partition coefficient (Wildman–Crippen LogP) is 2.09. The summed E-state index contributed by atoms with van der Waals surface area (Å²) >= 11 is 0. The Kier molecular flexibility index (Phi) is 2.90. The maximum Gasteiger partial charge on any atom is 0.319 e. The van der Waals surface area contributed by atoms with E-state index < -0.39 is 0 Å². The van der Waals surface area contributed by atoms with Gasteiger partial charge in [0.05, 0.1) is 0 Å². The Morgan fingerprint density at radius 2 is 2.19 bits per heavy atom. The van der Waals surface area contributed by atoms with Gasteiger partial charge in [0.1, 0.15) is 6.29 Å². The average Bonchev–Trinajstić information content (AvgIpc) is 3.05. The number of hydrogen-bond donors (Lipinski definition) is 2. The summed E-state index contributed by atoms with van der Waals surface area (Å²) in [6.07, 6.45) is 2.90. The van der Waals surface area contributed by atoms with E-state index in [9.17, 15) is 9.59 Å². The van der Waals surface area contributed by atoms with E-state index in [1.807, 2.05) is 6.92 Å². The van der Waals surface area contributed by atoms with Crippen LogP contribution in [0.4, 0.5) is 10.5 Å². The highest BCUT2D eigenvalue weighted by molar-refractivity contribution is 5.92. The molecule has 1 aromatic rings. The standard InChI is InChI=1S/C12H14N2O2/c1-8-9(7-15)3-2-4-11(8)14-12(16)13-10-5-6-10/h2-4,7,10H,5-6H2,1H3,(H2,13,14,16). The molecular weight excluding hydrogens is 204 g/mol. The molecule has 4 heteroatoms. The number of carbonyl (C=O) groups is 2. The summed E-state index contributed by atoms with van der Waals surface area (Å²) in [6, 6.07) is 5.40. The first-order valence-electron chi connectivity index (χ1n) is 5.33. The summed E-state index contributed by atoms with van der Waals surface area (Å²) in [7, 11) is 0. The van der Waals surface area contributed by atoms with Gasteiger partial charge in [0, 0.05) is 17.3 Å². The summed E-state index contributed by atoms with van der Waals surface area (Å²) < 4.78 is 0. The molecule has 2 amide bonds. The number of anilines is 1. The van der Waals surface area contributed by atoms with Crippen molar-refractivity contribution in [3.63, 3.8) is 0 Å². The van der Waals surface area contributed by atoms with E-state index in [1.165, 1.54) is 0 Å². The lowest BCUT2D eigenvalue weighted by atomic mass is 10.1. The van der Waals surface area contributed by atoms with Crippen molar-refractivity contribution in [3.05, 3.63) is 29.3 Å². The van der Waals surface area contributed by atoms with Gasteiger partial charge in [0.25, 0.3) is 0 Å². The normalized spacial score (nSPS) is 14.3. The van der Waals surface area contributed by atoms with Crippen LogP contribution in [0.1, 0.15) is 28.8 Å². The van der Waals surface area contributed by atoms with Crippen molar-refractivity contribution in [2.45, 2.75) is 25.8 Å². The molecule has 2 rings (SSSR count). The highest BCUT2D eigenvalue weighted by atomic mass is 16.2. The van der Waals surface area contributed by atoms with Crippen molar-refractivity contribution >= 4 is 18.0 Å². The van der Waals surface area contributed by atoms with Crippen LogP contribution >= 0.6 is 0 Å². The number of carbonyl (C=O) groups excluding carboxylic acids is 2. The van der Waals surface area contributed by atoms with Gasteiger partial charge in [0.15, 0.2) is 0 Å². The van der Waals surface area contributed by atoms with Crippen LogP contribution in [0.5, 0.6) is 0 Å². The van der Waals surface area contributed by atoms with Gasteiger partial charge in [-0.25, -0.2) is 4.79 Å². The van der Waals surface area contributed by atoms with Crippen LogP contribution in [-0.4, -0.2) is 18.4 Å². The molecule has 0 bridgehead atoms. The Morgan fingerprint density at radius 3 is 2.81 bits per heavy atom. The minimum atomic E-state index is -0.200. The van der Waals surface area contributed by atoms with Crippen LogP contribution < -0.4 is 10.6 Å². The average molecular weight is 218 g/mol. The molecule has 0 atom stereocenters. The zero-order valence-corrected chi connectivity index (χ0v) is 9.12. The molecule has 1 fully saturated rings. The smallest absolute Gasteiger partial charge is 0.319 e. The molecule has 1 aromatic carbocycles. The third kappa shape index (κ3) is 2.39. The van der Waals surface area contributed by atoms with Gasteiger partial charge in [-0.15, -0.1) is 0 Å². The van der Waals surface area contributed by atoms with E-state index in [1.54, 1.807) is 18.2 Å². The molecule has 1 aliphatic carbocycles. The fourth-order valence-corrected chi connectivity index (χ4v) is 1.49. The van der Waals surface area contributed by atoms with Gasteiger partial charge < -0.3 is 10.6 Å². The number of amides is 2. The van der Waals surface area contributed by atoms with Gasteiger partial charge >= 0.3 is 6.03 Å². The van der Waals surface area contributed by atoms with Crippen molar-refractivity contribution in [1.29, 1.82) is 0 Å². The van der Waals surface area contributed by atoms with E-state index in [0.717, 1.165) is 24.7 Å². The van der Waals surface area contributed by atoms with E-state index in [-0.39, 0.29) is 6.03 Å². The topological polar surface area (TPSA) is 58.2 Å². The van der Waals surface area contributed by atoms with Crippen LogP contribution in [0.25, 0.3) is 0 Å². The molecule has 0 aliphatic heterocycles. The quantitative estimate of drug-likeness (QED) is 0.763. The fraction of sp³-hybridized carbons (Fsp3) is 0.333. The van der Waals surface area contributed by atoms with Crippen LogP contribution in [0.3, 0.4) is 0 Å². The zero-order chi connectivity index (χ0) is 11.5. The van der Waals surface area contributed by atoms with Gasteiger partial charge in [0.2, 0.25) is 0 Å². The molecule has 2 N–H and O–H groups in total. The zero-order valence-electron chi connectivity index (χ0n) is 9.12. The van der Waals surface area contributed by atoms with E-state index in [4.69, 9.17) is 0 Å². The van der Waals surface area contributed by atoms with Gasteiger partial charge in [-0.3, -0.25) is 4.79 Å². The molecule has 0 unspecified atom stereocenters. The minimum Gasteiger partial charge on any atom is -0.335 e. The van der Waals surface area contributed by atoms with Crippen molar-refractivity contribution < 1.29 is 9.59 Å². The number of aldehydes is 1. The highest BCUT2D eigenvalue weighted by Gasteiger charge is 2.23. The number of benzene rings is 1. The lowest BCUT2D eigenvalue weighted by Crippen LogP contribution is -2.30. The van der Waals surface area contributed by atoms with E-state index in [0.29, 0.717) is 17.3 Å². The van der Waals surface area contributed by atoms with E-state index >= 15 is 0 Å². The Morgan fingerprint density at radius 1 is 1.44 bits per heavy atom. The summed E-state index contributed by atoms with van der Waals surface area (Å²) in [6.45, 7) is 1.82. The first-order chi connectivity index (χ1) is 7.70. The lowest BCUT2D eigenvalue weighted by Gasteiger charge is -2.10. The molecule has 0 spiro atoms. The third-order valence-corrected chi connectivity index (χ3v) is 2.66. The fourth-order valence-electron chi connectivity index (χ4n) is 1.49. The number of rotatable bonds is 3. The van der Waals surface area contributed by atoms with Crippen LogP contribution in [0, 0.1) is 6.92 Å². The monoisotopic (exact) mass is 218 g/mol. The Bertz CT molecular complexity index is 425. The molecule has 0 saturated heterocycles. The molecule has 16 heavy (non-hydrogen) atoms. The maximum absolute atomic E-state index is 11.5. The highest BCUT2D eigenvalue weighted by Crippen LogP contribution is 2.20. The summed E-state index contributed by atoms with van der Waals surface area (Å²) in [5.41, 5.74) is 2.08. The van der Waals surface area contributed by atoms with Gasteiger partial charge in [-0.05, 0) is 31.4 Å². The third-order valence-electron chi connectivity index (χ3n) is 2.66. The van der Waals surface area contributed by atoms with E-state index in [2.05, 4.69) is 10.6 Å². The number of hydrogen-bond acceptors (Lipinski definition) is 2. The Hall–Kier alpha value is -1.84. The van der Waals surface area contributed by atoms with Crippen molar-refractivity contribution in [2.75, 3.05) is 5.32 Å². The predicted molar refractivity (Wildman–Crippen MR) is 61.7 cm³/mol. The molecule has 4 nitrogen and oxygen atoms in total. The second-order valence-electron chi connectivity index (χ2n) is 4.01. The summed E-state index contributed by atoms with van der Waals surface area (Å²) in [5, 5.41) is 5.58. The second-order valence-corrected chi connectivity index (χ2v) is 4.01. The molecular formula is C12H14N2O2. The van der Waals surface area contributed by atoms with Gasteiger partial charge in [-0.2, -0.15) is 0 Å². The van der Waals surface area contributed by atoms with Crippen molar-refractivity contribution in [2.24, 2.45) is 0 Å². The minimum absolute atomic E-state index is 0.200. The molecule has 1 aliphatic rings. The molecule has 84 valence electrons. The van der Waals surface area contributed by atoms with Crippen LogP contribution in [-0.2, 0) is 0 Å². The van der Waals surface area contributed by atoms with Crippen LogP contribution in [0.15, 0.2) is 18.2 Å². The maximum atomic E-state index is 11.5. The second kappa shape index (κ2) is 4.35. The van der Waals surface area contributed by atoms with Crippen molar-refractivity contribution in [1.82, 2.24) is 5.32 Å². The molecule has 0 heterocycles. The molecule has 1 saturated carbocycles. The molecule has 0 radical (unpaired) electrons. The van der Waals surface area contributed by atoms with Crippen LogP contribution in [0.2, 0.25) is 0 Å². The number of nitrogens with one attached hydrogen (secondary N) is 2. The SMILES string of the molecule is Cc1c(C=O)cccc1NC(=O)NC1CC1. The largest absolute Gasteiger partial charge is 0.335 e. The Balaban J connectivity index is 2.07. The molecule has 0 aromatic heterocycles. The summed E-state index contributed by atoms with van der Waals surface area (Å²) in [5.74, 6) is 0. The number of urea groups is 1. The summed E-state index contributed by atoms with van der Waals surface area (Å²) in [4.78, 5) is 22.2. The lowest BCUT2D eigenvalue weighted by molar-refractivity contribution is 0.112. The Labute approximate surface area is 94.0 Å². The first kappa shape index (κ1) is 10.7. The first-order valence-corrected chi connectivity index (χ1v) is 5.33. The van der Waals surface area contributed by atoms with Crippen molar-refractivity contribution in [3.8, 4) is 0 Å².